The van der Waals surface area contributed by atoms with Gasteiger partial charge in [-0.1, -0.05) is 24.3 Å². The lowest BCUT2D eigenvalue weighted by molar-refractivity contribution is -0.140. The predicted molar refractivity (Wildman–Crippen MR) is 143 cm³/mol. The second kappa shape index (κ2) is 12.2. The Balaban J connectivity index is 1.78. The van der Waals surface area contributed by atoms with Crippen molar-refractivity contribution >= 4 is 11.8 Å². The third kappa shape index (κ3) is 5.41. The summed E-state index contributed by atoms with van der Waals surface area (Å²) >= 11 is 0. The van der Waals surface area contributed by atoms with E-state index >= 15 is 0 Å². The Labute approximate surface area is 223 Å². The maximum absolute atomic E-state index is 13.9. The van der Waals surface area contributed by atoms with Crippen LogP contribution in [0, 0.1) is 0 Å². The lowest BCUT2D eigenvalue weighted by Crippen LogP contribution is -2.36. The summed E-state index contributed by atoms with van der Waals surface area (Å²) in [4.78, 5) is 27.2. The smallest absolute Gasteiger partial charge is 0.336 e. The number of hydrogen-bond acceptors (Lipinski definition) is 8. The van der Waals surface area contributed by atoms with Crippen molar-refractivity contribution in [3.05, 3.63) is 76.1 Å². The third-order valence-corrected chi connectivity index (χ3v) is 6.98. The Morgan fingerprint density at radius 2 is 1.74 bits per heavy atom. The van der Waals surface area contributed by atoms with Crippen molar-refractivity contribution in [3.8, 4) is 17.2 Å². The highest BCUT2D eigenvalue weighted by atomic mass is 16.6. The van der Waals surface area contributed by atoms with Gasteiger partial charge in [-0.05, 0) is 49.9 Å². The molecule has 1 N–H and O–H groups in total. The standard InChI is InChI=1S/C30H35NO7/c1-6-37-24-10-8-7-9-21(24)28-27(30(33)38-14-13-34-3)18(2)31-22-15-20(16-23(32)29(22)28)19-11-12-25(35-4)26(17-19)36-5/h7-12,17,20,28,31H,6,13-16H2,1-5H3/t20-,28-/m0/s1. The van der Waals surface area contributed by atoms with E-state index in [1.807, 2.05) is 56.3 Å². The van der Waals surface area contributed by atoms with Crippen LogP contribution in [0.2, 0.25) is 0 Å². The molecule has 0 spiro atoms. The molecule has 0 saturated carbocycles. The van der Waals surface area contributed by atoms with E-state index in [0.717, 1.165) is 16.8 Å². The first-order chi connectivity index (χ1) is 18.4. The van der Waals surface area contributed by atoms with Gasteiger partial charge in [0.25, 0.3) is 0 Å². The van der Waals surface area contributed by atoms with Crippen LogP contribution in [0.5, 0.6) is 17.2 Å². The zero-order chi connectivity index (χ0) is 27.2. The van der Waals surface area contributed by atoms with Crippen molar-refractivity contribution in [2.45, 2.75) is 38.5 Å². The van der Waals surface area contributed by atoms with Gasteiger partial charge >= 0.3 is 5.97 Å². The van der Waals surface area contributed by atoms with Gasteiger partial charge < -0.3 is 29.0 Å². The summed E-state index contributed by atoms with van der Waals surface area (Å²) in [5, 5.41) is 3.38. The molecule has 0 unspecified atom stereocenters. The highest BCUT2D eigenvalue weighted by Crippen LogP contribution is 2.48. The maximum Gasteiger partial charge on any atom is 0.336 e. The van der Waals surface area contributed by atoms with Gasteiger partial charge in [0.1, 0.15) is 12.4 Å². The second-order valence-electron chi connectivity index (χ2n) is 9.23. The monoisotopic (exact) mass is 521 g/mol. The van der Waals surface area contributed by atoms with Crippen molar-refractivity contribution in [2.24, 2.45) is 0 Å². The molecule has 0 amide bonds. The minimum absolute atomic E-state index is 0.0236. The van der Waals surface area contributed by atoms with Crippen LogP contribution in [0.4, 0.5) is 0 Å². The first-order valence-corrected chi connectivity index (χ1v) is 12.8. The lowest BCUT2D eigenvalue weighted by atomic mass is 9.71. The van der Waals surface area contributed by atoms with E-state index in [4.69, 9.17) is 23.7 Å². The summed E-state index contributed by atoms with van der Waals surface area (Å²) in [6, 6.07) is 13.3. The molecule has 2 aromatic carbocycles. The Morgan fingerprint density at radius 1 is 0.974 bits per heavy atom. The van der Waals surface area contributed by atoms with Crippen LogP contribution >= 0.6 is 0 Å². The Hall–Kier alpha value is -3.78. The molecule has 1 aliphatic carbocycles. The van der Waals surface area contributed by atoms with Gasteiger partial charge in [0.2, 0.25) is 0 Å². The Bertz CT molecular complexity index is 1260. The molecule has 0 aromatic heterocycles. The summed E-state index contributed by atoms with van der Waals surface area (Å²) < 4.78 is 27.4. The number of nitrogens with one attached hydrogen (secondary N) is 1. The van der Waals surface area contributed by atoms with Crippen LogP contribution in [-0.2, 0) is 19.1 Å². The van der Waals surface area contributed by atoms with Gasteiger partial charge in [0, 0.05) is 36.1 Å². The van der Waals surface area contributed by atoms with E-state index in [1.54, 1.807) is 21.3 Å². The van der Waals surface area contributed by atoms with Crippen LogP contribution in [0.3, 0.4) is 0 Å². The Kier molecular flexibility index (Phi) is 8.73. The van der Waals surface area contributed by atoms with Gasteiger partial charge in [-0.15, -0.1) is 0 Å². The van der Waals surface area contributed by atoms with E-state index in [2.05, 4.69) is 5.32 Å². The molecular formula is C30H35NO7. The predicted octanol–water partition coefficient (Wildman–Crippen LogP) is 4.65. The normalized spacial score (nSPS) is 19.0. The highest BCUT2D eigenvalue weighted by Gasteiger charge is 2.42. The fourth-order valence-electron chi connectivity index (χ4n) is 5.26. The average Bonchev–Trinajstić information content (AvgIpc) is 2.92. The van der Waals surface area contributed by atoms with E-state index < -0.39 is 11.9 Å². The quantitative estimate of drug-likeness (QED) is 0.357. The van der Waals surface area contributed by atoms with Crippen molar-refractivity contribution in [2.75, 3.05) is 41.2 Å². The molecule has 0 bridgehead atoms. The summed E-state index contributed by atoms with van der Waals surface area (Å²) in [5.41, 5.74) is 4.20. The van der Waals surface area contributed by atoms with E-state index in [-0.39, 0.29) is 24.9 Å². The number of para-hydroxylation sites is 1. The van der Waals surface area contributed by atoms with Crippen LogP contribution in [0.15, 0.2) is 65.0 Å². The van der Waals surface area contributed by atoms with Crippen LogP contribution in [0.1, 0.15) is 49.7 Å². The number of methoxy groups -OCH3 is 3. The van der Waals surface area contributed by atoms with Crippen molar-refractivity contribution in [1.29, 1.82) is 0 Å². The molecular weight excluding hydrogens is 486 g/mol. The van der Waals surface area contributed by atoms with Crippen LogP contribution in [-0.4, -0.2) is 52.9 Å². The fraction of sp³-hybridized carbons (Fsp3) is 0.400. The molecule has 2 atom stereocenters. The molecule has 0 fully saturated rings. The number of rotatable bonds is 10. The van der Waals surface area contributed by atoms with E-state index in [0.29, 0.717) is 53.5 Å². The molecule has 1 heterocycles. The molecule has 38 heavy (non-hydrogen) atoms. The van der Waals surface area contributed by atoms with Gasteiger partial charge in [0.15, 0.2) is 17.3 Å². The SMILES string of the molecule is CCOc1ccccc1[C@H]1C(C(=O)OCCOC)=C(C)NC2=C1C(=O)C[C@@H](c1ccc(OC)c(OC)c1)C2. The first-order valence-electron chi connectivity index (χ1n) is 12.8. The van der Waals surface area contributed by atoms with Gasteiger partial charge in [-0.2, -0.15) is 0 Å². The largest absolute Gasteiger partial charge is 0.494 e. The molecule has 8 nitrogen and oxygen atoms in total. The van der Waals surface area contributed by atoms with Crippen LogP contribution < -0.4 is 19.5 Å². The number of hydrogen-bond donors (Lipinski definition) is 1. The van der Waals surface area contributed by atoms with Crippen molar-refractivity contribution in [1.82, 2.24) is 5.32 Å². The molecule has 2 aromatic rings. The number of carbonyl (C=O) groups is 2. The zero-order valence-electron chi connectivity index (χ0n) is 22.6. The number of dihydropyridines is 1. The highest BCUT2D eigenvalue weighted by molar-refractivity contribution is 6.04. The minimum Gasteiger partial charge on any atom is -0.494 e. The molecule has 8 heteroatoms. The molecule has 0 radical (unpaired) electrons. The second-order valence-corrected chi connectivity index (χ2v) is 9.23. The maximum atomic E-state index is 13.9. The van der Waals surface area contributed by atoms with E-state index in [1.165, 1.54) is 0 Å². The number of esters is 1. The average molecular weight is 522 g/mol. The van der Waals surface area contributed by atoms with Gasteiger partial charge in [-0.3, -0.25) is 4.79 Å². The number of ketones is 1. The molecule has 202 valence electrons. The molecule has 0 saturated heterocycles. The minimum atomic E-state index is -0.608. The third-order valence-electron chi connectivity index (χ3n) is 6.98. The molecule has 4 rings (SSSR count). The molecule has 2 aliphatic rings. The summed E-state index contributed by atoms with van der Waals surface area (Å²) in [6.07, 6.45) is 0.904. The topological polar surface area (TPSA) is 92.3 Å². The Morgan fingerprint density at radius 3 is 2.45 bits per heavy atom. The first kappa shape index (κ1) is 27.3. The van der Waals surface area contributed by atoms with Crippen LogP contribution in [0.25, 0.3) is 0 Å². The van der Waals surface area contributed by atoms with Gasteiger partial charge in [-0.25, -0.2) is 4.79 Å². The van der Waals surface area contributed by atoms with E-state index in [9.17, 15) is 9.59 Å². The summed E-state index contributed by atoms with van der Waals surface area (Å²) in [5.74, 6) is 0.724. The molecule has 1 aliphatic heterocycles. The number of ether oxygens (including phenoxy) is 5. The summed E-state index contributed by atoms with van der Waals surface area (Å²) in [6.45, 7) is 4.61. The van der Waals surface area contributed by atoms with Gasteiger partial charge in [0.05, 0.1) is 38.9 Å². The fourth-order valence-corrected chi connectivity index (χ4v) is 5.26. The van der Waals surface area contributed by atoms with Crippen molar-refractivity contribution < 1.29 is 33.3 Å². The number of carbonyl (C=O) groups excluding carboxylic acids is 2. The number of benzene rings is 2. The number of Topliss-reactive ketones (excluding diaryl/α,β-unsaturated/α-hetero) is 1. The zero-order valence-corrected chi connectivity index (χ0v) is 22.6. The van der Waals surface area contributed by atoms with Crippen molar-refractivity contribution in [3.63, 3.8) is 0 Å². The number of allylic oxidation sites excluding steroid dienone is 3. The summed E-state index contributed by atoms with van der Waals surface area (Å²) in [7, 11) is 4.74. The lowest BCUT2D eigenvalue weighted by Gasteiger charge is -2.37.